The summed E-state index contributed by atoms with van der Waals surface area (Å²) in [6.07, 6.45) is -2.80. The van der Waals surface area contributed by atoms with E-state index in [4.69, 9.17) is 9.53 Å². The van der Waals surface area contributed by atoms with E-state index in [0.29, 0.717) is 0 Å². The molecule has 0 bridgehead atoms. The lowest BCUT2D eigenvalue weighted by atomic mass is 10.3. The number of thioether (sulfide) groups is 1. The first-order chi connectivity index (χ1) is 7.81. The van der Waals surface area contributed by atoms with E-state index >= 15 is 0 Å². The van der Waals surface area contributed by atoms with Crippen molar-refractivity contribution in [3.8, 4) is 5.75 Å². The predicted octanol–water partition coefficient (Wildman–Crippen LogP) is 2.45. The molecule has 0 saturated heterocycles. The maximum absolute atomic E-state index is 10.7. The van der Waals surface area contributed by atoms with Crippen molar-refractivity contribution in [2.75, 3.05) is 13.4 Å². The highest BCUT2D eigenvalue weighted by molar-refractivity contribution is 7.98. The Hall–Kier alpha value is -1.37. The summed E-state index contributed by atoms with van der Waals surface area (Å²) in [5, 5.41) is 0. The molecule has 0 spiro atoms. The minimum absolute atomic E-state index is 0.915. The average Bonchev–Trinajstić information content (AvgIpc) is 2.28. The second-order valence-corrected chi connectivity index (χ2v) is 3.62. The highest BCUT2D eigenvalue weighted by Gasteiger charge is 2.35. The number of rotatable bonds is 2. The molecule has 0 aliphatic rings. The van der Waals surface area contributed by atoms with Crippen LogP contribution in [0.2, 0.25) is 0 Å². The van der Waals surface area contributed by atoms with Crippen LogP contribution >= 0.6 is 11.8 Å². The zero-order valence-corrected chi connectivity index (χ0v) is 10.1. The first kappa shape index (κ1) is 15.6. The number of nitrogens with two attached hydrogens (primary N) is 1. The Morgan fingerprint density at radius 1 is 1.29 bits per heavy atom. The molecule has 0 atom stereocenters. The molecule has 0 unspecified atom stereocenters. The highest BCUT2D eigenvalue weighted by atomic mass is 32.2. The van der Waals surface area contributed by atoms with Crippen molar-refractivity contribution in [1.82, 2.24) is 0 Å². The quantitative estimate of drug-likeness (QED) is 0.837. The summed E-state index contributed by atoms with van der Waals surface area (Å²) in [7, 11) is 1.67. The van der Waals surface area contributed by atoms with Gasteiger partial charge in [-0.3, -0.25) is 4.79 Å². The predicted molar refractivity (Wildman–Crippen MR) is 60.0 cm³/mol. The second-order valence-electron chi connectivity index (χ2n) is 2.74. The Morgan fingerprint density at radius 2 is 1.71 bits per heavy atom. The van der Waals surface area contributed by atoms with Gasteiger partial charge in [0.1, 0.15) is 5.75 Å². The number of halogens is 3. The number of alkyl halides is 3. The van der Waals surface area contributed by atoms with Gasteiger partial charge < -0.3 is 10.5 Å². The molecule has 1 amide bonds. The molecule has 0 aromatic heterocycles. The molecule has 0 aliphatic carbocycles. The Bertz CT molecular complexity index is 329. The maximum Gasteiger partial charge on any atom is 0.470 e. The monoisotopic (exact) mass is 267 g/mol. The van der Waals surface area contributed by atoms with Gasteiger partial charge in [-0.2, -0.15) is 13.2 Å². The molecule has 17 heavy (non-hydrogen) atoms. The van der Waals surface area contributed by atoms with E-state index < -0.39 is 12.1 Å². The lowest BCUT2D eigenvalue weighted by Crippen LogP contribution is -2.30. The summed E-state index contributed by atoms with van der Waals surface area (Å²) in [5.74, 6) is -1.34. The third kappa shape index (κ3) is 6.72. The smallest absolute Gasteiger partial charge is 0.470 e. The molecule has 0 aliphatic heterocycles. The van der Waals surface area contributed by atoms with Crippen LogP contribution in [0.5, 0.6) is 5.75 Å². The molecule has 1 aromatic carbocycles. The van der Waals surface area contributed by atoms with Crippen LogP contribution in [0.25, 0.3) is 0 Å². The molecule has 0 radical (unpaired) electrons. The summed E-state index contributed by atoms with van der Waals surface area (Å²) in [4.78, 5) is 10.4. The van der Waals surface area contributed by atoms with E-state index in [9.17, 15) is 13.2 Å². The highest BCUT2D eigenvalue weighted by Crippen LogP contribution is 2.18. The second kappa shape index (κ2) is 7.05. The molecule has 0 fully saturated rings. The number of benzene rings is 1. The van der Waals surface area contributed by atoms with Crippen LogP contribution in [0.15, 0.2) is 29.2 Å². The van der Waals surface area contributed by atoms with E-state index in [-0.39, 0.29) is 0 Å². The molecule has 2 N–H and O–H groups in total. The van der Waals surface area contributed by atoms with Gasteiger partial charge in [-0.25, -0.2) is 0 Å². The van der Waals surface area contributed by atoms with Crippen LogP contribution in [-0.4, -0.2) is 25.4 Å². The molecule has 1 rings (SSSR count). The van der Waals surface area contributed by atoms with Crippen molar-refractivity contribution in [2.45, 2.75) is 11.1 Å². The number of primary amides is 1. The lowest BCUT2D eigenvalue weighted by Gasteiger charge is -1.98. The van der Waals surface area contributed by atoms with E-state index in [0.717, 1.165) is 5.75 Å². The Balaban J connectivity index is 0.000000325. The van der Waals surface area contributed by atoms with Crippen LogP contribution in [0.1, 0.15) is 0 Å². The van der Waals surface area contributed by atoms with Gasteiger partial charge in [-0.1, -0.05) is 0 Å². The zero-order chi connectivity index (χ0) is 13.5. The molecule has 96 valence electrons. The first-order valence-corrected chi connectivity index (χ1v) is 5.58. The topological polar surface area (TPSA) is 52.3 Å². The average molecular weight is 267 g/mol. The summed E-state index contributed by atoms with van der Waals surface area (Å²) in [6.45, 7) is 0. The summed E-state index contributed by atoms with van der Waals surface area (Å²) in [6, 6.07) is 8.02. The Morgan fingerprint density at radius 3 is 1.94 bits per heavy atom. The van der Waals surface area contributed by atoms with Gasteiger partial charge in [-0.05, 0) is 30.5 Å². The van der Waals surface area contributed by atoms with Gasteiger partial charge in [0.2, 0.25) is 0 Å². The van der Waals surface area contributed by atoms with Crippen molar-refractivity contribution in [3.63, 3.8) is 0 Å². The third-order valence-corrected chi connectivity index (χ3v) is 2.32. The number of hydrogen-bond acceptors (Lipinski definition) is 3. The molecule has 0 heterocycles. The van der Waals surface area contributed by atoms with Gasteiger partial charge >= 0.3 is 12.1 Å². The van der Waals surface area contributed by atoms with E-state index in [2.05, 4.69) is 12.0 Å². The molecule has 3 nitrogen and oxygen atoms in total. The van der Waals surface area contributed by atoms with E-state index in [1.54, 1.807) is 18.9 Å². The van der Waals surface area contributed by atoms with Crippen LogP contribution in [0.3, 0.4) is 0 Å². The van der Waals surface area contributed by atoms with Crippen molar-refractivity contribution in [3.05, 3.63) is 24.3 Å². The number of hydrogen-bond donors (Lipinski definition) is 1. The zero-order valence-electron chi connectivity index (χ0n) is 9.25. The Kier molecular flexibility index (Phi) is 6.48. The SMILES string of the molecule is COc1ccc(SC)cc1.NC(=O)C(F)(F)F. The van der Waals surface area contributed by atoms with Crippen LogP contribution in [0, 0.1) is 0 Å². The minimum Gasteiger partial charge on any atom is -0.497 e. The van der Waals surface area contributed by atoms with Gasteiger partial charge in [0.05, 0.1) is 7.11 Å². The van der Waals surface area contributed by atoms with Crippen LogP contribution in [0.4, 0.5) is 13.2 Å². The van der Waals surface area contributed by atoms with Gasteiger partial charge in [-0.15, -0.1) is 11.8 Å². The first-order valence-electron chi connectivity index (χ1n) is 4.36. The molecule has 0 saturated carbocycles. The van der Waals surface area contributed by atoms with Crippen LogP contribution < -0.4 is 10.5 Å². The number of methoxy groups -OCH3 is 1. The number of amides is 1. The summed E-state index contributed by atoms with van der Waals surface area (Å²) < 4.78 is 37.1. The van der Waals surface area contributed by atoms with Crippen molar-refractivity contribution >= 4 is 17.7 Å². The summed E-state index contributed by atoms with van der Waals surface area (Å²) in [5.41, 5.74) is 3.81. The Labute approximate surface area is 101 Å². The molecular formula is C10H12F3NO2S. The van der Waals surface area contributed by atoms with Crippen molar-refractivity contribution < 1.29 is 22.7 Å². The molecule has 1 aromatic rings. The summed E-state index contributed by atoms with van der Waals surface area (Å²) >= 11 is 1.73. The molecular weight excluding hydrogens is 255 g/mol. The van der Waals surface area contributed by atoms with E-state index in [1.807, 2.05) is 24.3 Å². The van der Waals surface area contributed by atoms with Gasteiger partial charge in [0.25, 0.3) is 0 Å². The van der Waals surface area contributed by atoms with E-state index in [1.165, 1.54) is 4.90 Å². The fourth-order valence-corrected chi connectivity index (χ4v) is 1.12. The third-order valence-electron chi connectivity index (χ3n) is 1.57. The lowest BCUT2D eigenvalue weighted by molar-refractivity contribution is -0.169. The molecule has 7 heteroatoms. The van der Waals surface area contributed by atoms with Crippen molar-refractivity contribution in [2.24, 2.45) is 5.73 Å². The van der Waals surface area contributed by atoms with Gasteiger partial charge in [0.15, 0.2) is 0 Å². The largest absolute Gasteiger partial charge is 0.497 e. The fourth-order valence-electron chi connectivity index (χ4n) is 0.712. The fraction of sp³-hybridized carbons (Fsp3) is 0.300. The van der Waals surface area contributed by atoms with Crippen LogP contribution in [-0.2, 0) is 4.79 Å². The minimum atomic E-state index is -4.86. The normalized spacial score (nSPS) is 10.2. The van der Waals surface area contributed by atoms with Gasteiger partial charge in [0, 0.05) is 4.90 Å². The number of carbonyl (C=O) groups is 1. The standard InChI is InChI=1S/C8H10OS.C2H2F3NO/c1-9-7-3-5-8(10-2)6-4-7;3-2(4,5)1(6)7/h3-6H,1-2H3;(H2,6,7). The number of carbonyl (C=O) groups excluding carboxylic acids is 1. The van der Waals surface area contributed by atoms with Crippen molar-refractivity contribution in [1.29, 1.82) is 0 Å². The maximum atomic E-state index is 10.7. The number of ether oxygens (including phenoxy) is 1.